The summed E-state index contributed by atoms with van der Waals surface area (Å²) in [6, 6.07) is 0. The molecule has 4 heavy (non-hydrogen) atoms. The van der Waals surface area contributed by atoms with E-state index in [4.69, 9.17) is 5.53 Å². The zero-order valence-electron chi connectivity index (χ0n) is 1.72. The Labute approximate surface area is 56.9 Å². The van der Waals surface area contributed by atoms with Gasteiger partial charge in [0.2, 0.25) is 0 Å². The van der Waals surface area contributed by atoms with Crippen molar-refractivity contribution in [3.63, 3.8) is 0 Å². The molecule has 0 unspecified atom stereocenters. The molecule has 22 valence electrons. The number of hydrogen-bond acceptors (Lipinski definition) is 1. The minimum absolute atomic E-state index is 1.07. The zero-order valence-corrected chi connectivity index (χ0v) is 4.14. The first-order valence-corrected chi connectivity index (χ1v) is 1.65. The topological polar surface area (TPSA) is 48.8 Å². The van der Waals surface area contributed by atoms with Crippen molar-refractivity contribution >= 4 is 0 Å². The predicted molar refractivity (Wildman–Crippen MR) is 9.15 cm³/mol. The molecule has 0 radical (unpaired) electrons. The van der Waals surface area contributed by atoms with Crippen LogP contribution in [0, 0.1) is 47.5 Å². The molecule has 0 rings (SSSR count). The van der Waals surface area contributed by atoms with E-state index in [1.807, 2.05) is 0 Å². The van der Waals surface area contributed by atoms with Crippen LogP contribution >= 0.6 is 0 Å². The van der Waals surface area contributed by atoms with Gasteiger partial charge in [0.05, 0.1) is 0 Å². The van der Waals surface area contributed by atoms with E-state index in [1.165, 1.54) is 0 Å². The summed E-state index contributed by atoms with van der Waals surface area (Å²) in [5.41, 5.74) is 7.35. The first-order chi connectivity index (χ1) is 1.91. The summed E-state index contributed by atoms with van der Waals surface area (Å²) >= 11 is 1.07. The van der Waals surface area contributed by atoms with E-state index in [9.17, 15) is 0 Å². The van der Waals surface area contributed by atoms with E-state index in [0.717, 1.165) is 47.5 Å². The van der Waals surface area contributed by atoms with Gasteiger partial charge in [-0.15, -0.1) is 0 Å². The molecule has 0 spiro atoms. The maximum atomic E-state index is 7.35. The molecule has 0 aliphatic rings. The van der Waals surface area contributed by atoms with Crippen molar-refractivity contribution in [2.45, 2.75) is 0 Å². The number of nitrogens with zero attached hydrogens (tertiary/aromatic N) is 3. The van der Waals surface area contributed by atoms with Crippen LogP contribution in [0.5, 0.6) is 0 Å². The van der Waals surface area contributed by atoms with Gasteiger partial charge in [-0.1, -0.05) is 0 Å². The first-order valence-electron chi connectivity index (χ1n) is 0.569. The van der Waals surface area contributed by atoms with Crippen LogP contribution in [0.3, 0.4) is 0 Å². The normalized spacial score (nSPS) is 4.25. The molecule has 0 saturated heterocycles. The number of azide groups is 1. The van der Waals surface area contributed by atoms with E-state index in [1.54, 1.807) is 0 Å². The molecule has 0 atom stereocenters. The molecule has 0 aromatic rings. The zero-order chi connectivity index (χ0) is 3.41. The Morgan fingerprint density at radius 2 is 2.25 bits per heavy atom. The van der Waals surface area contributed by atoms with Gasteiger partial charge in [-0.2, -0.15) is 0 Å². The van der Waals surface area contributed by atoms with Gasteiger partial charge in [0.1, 0.15) is 0 Å². The van der Waals surface area contributed by atoms with Gasteiger partial charge in [0.25, 0.3) is 0 Å². The minimum atomic E-state index is 1.07. The molecular weight excluding hydrogens is 194 g/mol. The first kappa shape index (κ1) is 4.89. The molecule has 0 heterocycles. The summed E-state index contributed by atoms with van der Waals surface area (Å²) in [6.45, 7) is 0. The van der Waals surface area contributed by atoms with E-state index in [-0.39, 0.29) is 0 Å². The van der Waals surface area contributed by atoms with Crippen LogP contribution in [0.2, 0.25) is 0 Å². The van der Waals surface area contributed by atoms with E-state index >= 15 is 0 Å². The van der Waals surface area contributed by atoms with Crippen molar-refractivity contribution < 1.29 is 47.5 Å². The summed E-state index contributed by atoms with van der Waals surface area (Å²) in [4.78, 5) is 2.39. The maximum absolute atomic E-state index is 7.35. The molecule has 0 aliphatic heterocycles. The van der Waals surface area contributed by atoms with Gasteiger partial charge in [0, 0.05) is 0 Å². The molecule has 0 N–H and O–H groups in total. The van der Waals surface area contributed by atoms with Crippen LogP contribution in [0.25, 0.3) is 10.4 Å². The third kappa shape index (κ3) is 2.89. The second-order valence-corrected chi connectivity index (χ2v) is 0.650. The van der Waals surface area contributed by atoms with Crippen LogP contribution in [0.4, 0.5) is 0 Å². The summed E-state index contributed by atoms with van der Waals surface area (Å²) in [6.07, 6.45) is 0. The van der Waals surface area contributed by atoms with Gasteiger partial charge in [0.15, 0.2) is 0 Å². The molecule has 0 aliphatic carbocycles. The predicted octanol–water partition coefficient (Wildman–Crippen LogP) is 0.761. The second kappa shape index (κ2) is 3.89. The van der Waals surface area contributed by atoms with Gasteiger partial charge in [-0.05, 0) is 0 Å². The summed E-state index contributed by atoms with van der Waals surface area (Å²) in [7, 11) is 0. The fourth-order valence-corrected chi connectivity index (χ4v) is 0. The number of hydrogen-bond donors (Lipinski definition) is 0. The SMILES string of the molecule is [N-]=[N+]=[N][Eu]. The van der Waals surface area contributed by atoms with Crippen molar-refractivity contribution in [1.82, 2.24) is 0 Å². The second-order valence-electron chi connectivity index (χ2n) is 0.165. The Bertz CT molecular complexity index is 41.2. The van der Waals surface area contributed by atoms with Crippen LogP contribution in [0.1, 0.15) is 0 Å². The Kier molecular flexibility index (Phi) is 4.77. The fraction of sp³-hybridized carbons (Fsp3) is 0. The van der Waals surface area contributed by atoms with Gasteiger partial charge in [-0.25, -0.2) is 0 Å². The van der Waals surface area contributed by atoms with E-state index in [2.05, 4.69) is 4.97 Å². The van der Waals surface area contributed by atoms with Crippen LogP contribution in [-0.4, -0.2) is 0 Å². The molecule has 0 bridgehead atoms. The summed E-state index contributed by atoms with van der Waals surface area (Å²) < 4.78 is 2.97. The number of rotatable bonds is 0. The fourth-order valence-electron chi connectivity index (χ4n) is 0. The van der Waals surface area contributed by atoms with Gasteiger partial charge < -0.3 is 0 Å². The average Bonchev–Trinajstić information content (AvgIpc) is 1.37. The monoisotopic (exact) mass is 195 g/mol. The molecule has 0 aromatic carbocycles. The summed E-state index contributed by atoms with van der Waals surface area (Å²) in [5, 5.41) is 0. The van der Waals surface area contributed by atoms with Crippen molar-refractivity contribution in [1.29, 1.82) is 0 Å². The van der Waals surface area contributed by atoms with Crippen molar-refractivity contribution in [3.8, 4) is 0 Å². The van der Waals surface area contributed by atoms with E-state index < -0.39 is 0 Å². The van der Waals surface area contributed by atoms with Crippen molar-refractivity contribution in [3.05, 3.63) is 10.4 Å². The van der Waals surface area contributed by atoms with Crippen LogP contribution in [0.15, 0.2) is 0.0599 Å². The van der Waals surface area contributed by atoms with Crippen LogP contribution < -0.4 is 0 Å². The van der Waals surface area contributed by atoms with Crippen molar-refractivity contribution in [2.75, 3.05) is 0 Å². The third-order valence-corrected chi connectivity index (χ3v) is 0.251. The Morgan fingerprint density at radius 3 is 2.25 bits per heavy atom. The standard InChI is InChI=1S/Eu.N3/c;1-3-2/q+1;-1. The molecule has 0 aromatic heterocycles. The van der Waals surface area contributed by atoms with Gasteiger partial charge >= 0.3 is 58.0 Å². The Hall–Kier alpha value is 0.894. The molecule has 3 nitrogen and oxygen atoms in total. The average molecular weight is 194 g/mol. The molecule has 0 amide bonds. The molecule has 0 saturated carbocycles. The van der Waals surface area contributed by atoms with Crippen molar-refractivity contribution in [2.24, 2.45) is 0.0599 Å². The van der Waals surface area contributed by atoms with Gasteiger partial charge in [-0.3, -0.25) is 0 Å². The van der Waals surface area contributed by atoms with Crippen LogP contribution in [-0.2, 0) is 0 Å². The molecule has 0 fully saturated rings. The Balaban J connectivity index is 3.11. The molecular formula is EuN3. The quantitative estimate of drug-likeness (QED) is 0.310. The van der Waals surface area contributed by atoms with E-state index in [0.29, 0.717) is 0 Å². The Morgan fingerprint density at radius 1 is 2.00 bits per heavy atom. The molecule has 4 heteroatoms. The third-order valence-electron chi connectivity index (χ3n) is 0.0338. The summed E-state index contributed by atoms with van der Waals surface area (Å²) in [5.74, 6) is 0.